The Kier molecular flexibility index (Phi) is 9.49. The second-order valence-electron chi connectivity index (χ2n) is 4.69. The first kappa shape index (κ1) is 21.9. The van der Waals surface area contributed by atoms with Crippen LogP contribution in [0.3, 0.4) is 0 Å². The third-order valence-corrected chi connectivity index (χ3v) is 3.63. The molecule has 1 rings (SSSR count). The van der Waals surface area contributed by atoms with Gasteiger partial charge in [-0.2, -0.15) is 13.1 Å². The van der Waals surface area contributed by atoms with Crippen LogP contribution in [-0.4, -0.2) is 33.5 Å². The Morgan fingerprint density at radius 2 is 2.00 bits per heavy atom. The SMILES string of the molecule is CC(C)NS(=O)(=O)NCCN=C(N)Nc1cc(F)ccc1F.I. The number of rotatable bonds is 7. The normalized spacial score (nSPS) is 12.1. The van der Waals surface area contributed by atoms with Crippen molar-refractivity contribution >= 4 is 45.8 Å². The molecule has 1 aromatic rings. The Morgan fingerprint density at radius 1 is 1.35 bits per heavy atom. The highest BCUT2D eigenvalue weighted by Gasteiger charge is 2.09. The molecule has 0 radical (unpaired) electrons. The largest absolute Gasteiger partial charge is 0.370 e. The van der Waals surface area contributed by atoms with Gasteiger partial charge in [0, 0.05) is 18.7 Å². The van der Waals surface area contributed by atoms with Gasteiger partial charge in [0.05, 0.1) is 12.2 Å². The lowest BCUT2D eigenvalue weighted by Crippen LogP contribution is -2.41. The van der Waals surface area contributed by atoms with Crippen molar-refractivity contribution in [2.45, 2.75) is 19.9 Å². The van der Waals surface area contributed by atoms with Crippen molar-refractivity contribution in [2.75, 3.05) is 18.4 Å². The van der Waals surface area contributed by atoms with Gasteiger partial charge in [0.25, 0.3) is 10.2 Å². The van der Waals surface area contributed by atoms with Crippen LogP contribution >= 0.6 is 24.0 Å². The predicted molar refractivity (Wildman–Crippen MR) is 97.1 cm³/mol. The van der Waals surface area contributed by atoms with Crippen LogP contribution in [0, 0.1) is 11.6 Å². The van der Waals surface area contributed by atoms with E-state index in [1.54, 1.807) is 13.8 Å². The van der Waals surface area contributed by atoms with Crippen molar-refractivity contribution in [3.05, 3.63) is 29.8 Å². The van der Waals surface area contributed by atoms with Gasteiger partial charge in [-0.15, -0.1) is 24.0 Å². The molecule has 0 heterocycles. The lowest BCUT2D eigenvalue weighted by atomic mass is 10.3. The number of nitrogens with two attached hydrogens (primary N) is 1. The van der Waals surface area contributed by atoms with Crippen LogP contribution in [0.1, 0.15) is 13.8 Å². The first-order valence-electron chi connectivity index (χ1n) is 6.48. The number of anilines is 1. The molecule has 0 atom stereocenters. The summed E-state index contributed by atoms with van der Waals surface area (Å²) in [6.45, 7) is 3.42. The minimum absolute atomic E-state index is 0. The minimum Gasteiger partial charge on any atom is -0.370 e. The maximum Gasteiger partial charge on any atom is 0.277 e. The average molecular weight is 463 g/mol. The van der Waals surface area contributed by atoms with Gasteiger partial charge in [-0.1, -0.05) is 0 Å². The highest BCUT2D eigenvalue weighted by atomic mass is 127. The number of halogens is 3. The van der Waals surface area contributed by atoms with Crippen molar-refractivity contribution in [2.24, 2.45) is 10.7 Å². The lowest BCUT2D eigenvalue weighted by Gasteiger charge is -2.10. The van der Waals surface area contributed by atoms with Crippen LogP contribution in [-0.2, 0) is 10.2 Å². The van der Waals surface area contributed by atoms with Gasteiger partial charge in [-0.3, -0.25) is 4.99 Å². The highest BCUT2D eigenvalue weighted by Crippen LogP contribution is 2.14. The van der Waals surface area contributed by atoms with Gasteiger partial charge in [-0.25, -0.2) is 13.5 Å². The summed E-state index contributed by atoms with van der Waals surface area (Å²) in [6.07, 6.45) is 0. The standard InChI is InChI=1S/C12H19F2N5O2S.HI/c1-8(2)19-22(20,21)17-6-5-16-12(15)18-11-7-9(13)3-4-10(11)14;/h3-4,7-8,17,19H,5-6H2,1-2H3,(H3,15,16,18);1H. The number of aliphatic imine (C=N–C) groups is 1. The molecule has 23 heavy (non-hydrogen) atoms. The zero-order valence-electron chi connectivity index (χ0n) is 12.6. The maximum atomic E-state index is 13.4. The van der Waals surface area contributed by atoms with Crippen molar-refractivity contribution < 1.29 is 17.2 Å². The summed E-state index contributed by atoms with van der Waals surface area (Å²) in [6, 6.07) is 2.64. The maximum absolute atomic E-state index is 13.4. The van der Waals surface area contributed by atoms with Crippen LogP contribution in [0.15, 0.2) is 23.2 Å². The summed E-state index contributed by atoms with van der Waals surface area (Å²) in [5.74, 6) is -1.45. The number of nitrogens with zero attached hydrogens (tertiary/aromatic N) is 1. The van der Waals surface area contributed by atoms with Gasteiger partial charge in [0.15, 0.2) is 5.96 Å². The number of hydrogen-bond donors (Lipinski definition) is 4. The molecule has 0 aliphatic heterocycles. The number of hydrogen-bond acceptors (Lipinski definition) is 3. The molecule has 0 aliphatic carbocycles. The average Bonchev–Trinajstić information content (AvgIpc) is 2.37. The van der Waals surface area contributed by atoms with Crippen LogP contribution < -0.4 is 20.5 Å². The fourth-order valence-electron chi connectivity index (χ4n) is 1.48. The van der Waals surface area contributed by atoms with Crippen molar-refractivity contribution in [1.82, 2.24) is 9.44 Å². The van der Waals surface area contributed by atoms with Crippen LogP contribution in [0.4, 0.5) is 14.5 Å². The predicted octanol–water partition coefficient (Wildman–Crippen LogP) is 1.14. The molecule has 0 spiro atoms. The summed E-state index contributed by atoms with van der Waals surface area (Å²) < 4.78 is 53.8. The van der Waals surface area contributed by atoms with E-state index in [9.17, 15) is 17.2 Å². The molecule has 1 aromatic carbocycles. The first-order chi connectivity index (χ1) is 10.2. The number of nitrogens with one attached hydrogen (secondary N) is 3. The van der Waals surface area contributed by atoms with E-state index < -0.39 is 21.8 Å². The molecule has 0 aromatic heterocycles. The summed E-state index contributed by atoms with van der Waals surface area (Å²) >= 11 is 0. The van der Waals surface area contributed by atoms with Crippen LogP contribution in [0.2, 0.25) is 0 Å². The summed E-state index contributed by atoms with van der Waals surface area (Å²) in [5, 5.41) is 2.40. The minimum atomic E-state index is -3.59. The molecule has 132 valence electrons. The van der Waals surface area contributed by atoms with Crippen molar-refractivity contribution in [3.8, 4) is 0 Å². The second-order valence-corrected chi connectivity index (χ2v) is 6.22. The second kappa shape index (κ2) is 9.95. The molecule has 0 unspecified atom stereocenters. The molecule has 0 aliphatic rings. The molecule has 11 heteroatoms. The van der Waals surface area contributed by atoms with Gasteiger partial charge < -0.3 is 11.1 Å². The van der Waals surface area contributed by atoms with E-state index >= 15 is 0 Å². The van der Waals surface area contributed by atoms with Crippen LogP contribution in [0.25, 0.3) is 0 Å². The molecule has 0 saturated heterocycles. The van der Waals surface area contributed by atoms with E-state index in [0.29, 0.717) is 0 Å². The van der Waals surface area contributed by atoms with Crippen molar-refractivity contribution in [1.29, 1.82) is 0 Å². The molecule has 0 amide bonds. The Bertz CT molecular complexity index is 640. The molecular formula is C12H20F2IN5O2S. The van der Waals surface area contributed by atoms with Gasteiger partial charge in [0.1, 0.15) is 11.6 Å². The van der Waals surface area contributed by atoms with Crippen LogP contribution in [0.5, 0.6) is 0 Å². The smallest absolute Gasteiger partial charge is 0.277 e. The zero-order valence-corrected chi connectivity index (χ0v) is 15.8. The van der Waals surface area contributed by atoms with Gasteiger partial charge in [0.2, 0.25) is 0 Å². The molecule has 7 nitrogen and oxygen atoms in total. The highest BCUT2D eigenvalue weighted by molar-refractivity contribution is 14.0. The molecule has 0 bridgehead atoms. The quantitative estimate of drug-likeness (QED) is 0.211. The van der Waals surface area contributed by atoms with E-state index in [1.807, 2.05) is 0 Å². The molecule has 0 saturated carbocycles. The summed E-state index contributed by atoms with van der Waals surface area (Å²) in [7, 11) is -3.59. The topological polar surface area (TPSA) is 109 Å². The van der Waals surface area contributed by atoms with E-state index in [0.717, 1.165) is 18.2 Å². The Hall–Kier alpha value is -1.05. The summed E-state index contributed by atoms with van der Waals surface area (Å²) in [5.41, 5.74) is 5.36. The van der Waals surface area contributed by atoms with Crippen molar-refractivity contribution in [3.63, 3.8) is 0 Å². The molecule has 0 fully saturated rings. The molecular weight excluding hydrogens is 443 g/mol. The lowest BCUT2D eigenvalue weighted by molar-refractivity contribution is 0.555. The summed E-state index contributed by atoms with van der Waals surface area (Å²) in [4.78, 5) is 3.81. The number of benzene rings is 1. The Labute approximate surface area is 151 Å². The molecule has 5 N–H and O–H groups in total. The zero-order chi connectivity index (χ0) is 16.8. The van der Waals surface area contributed by atoms with E-state index in [1.165, 1.54) is 0 Å². The third-order valence-electron chi connectivity index (χ3n) is 2.27. The first-order valence-corrected chi connectivity index (χ1v) is 7.97. The van der Waals surface area contributed by atoms with E-state index in [4.69, 9.17) is 5.73 Å². The van der Waals surface area contributed by atoms with E-state index in [2.05, 4.69) is 19.8 Å². The Morgan fingerprint density at radius 3 is 2.61 bits per heavy atom. The van der Waals surface area contributed by atoms with E-state index in [-0.39, 0.29) is 54.8 Å². The van der Waals surface area contributed by atoms with Gasteiger partial charge >= 0.3 is 0 Å². The third kappa shape index (κ3) is 8.98. The Balaban J connectivity index is 0.00000484. The monoisotopic (exact) mass is 463 g/mol. The fraction of sp³-hybridized carbons (Fsp3) is 0.417. The number of guanidine groups is 1. The van der Waals surface area contributed by atoms with Gasteiger partial charge in [-0.05, 0) is 26.0 Å². The fourth-order valence-corrected chi connectivity index (χ4v) is 2.54.